The zero-order chi connectivity index (χ0) is 16.2. The lowest BCUT2D eigenvalue weighted by Gasteiger charge is -2.06. The number of carbonyl (C=O) groups is 1. The Kier molecular flexibility index (Phi) is 4.34. The third-order valence-electron chi connectivity index (χ3n) is 3.26. The number of rotatable bonds is 3. The van der Waals surface area contributed by atoms with Crippen LogP contribution in [0.2, 0.25) is 0 Å². The van der Waals surface area contributed by atoms with Gasteiger partial charge in [0.15, 0.2) is 5.75 Å². The first kappa shape index (κ1) is 15.2. The first-order valence-electron chi connectivity index (χ1n) is 6.81. The summed E-state index contributed by atoms with van der Waals surface area (Å²) in [6.07, 6.45) is 3.13. The number of aromatic hydroxyl groups is 1. The molecule has 0 radical (unpaired) electrons. The van der Waals surface area contributed by atoms with Crippen molar-refractivity contribution < 1.29 is 9.90 Å². The van der Waals surface area contributed by atoms with Crippen molar-refractivity contribution in [1.82, 2.24) is 10.4 Å². The molecule has 0 saturated carbocycles. The summed E-state index contributed by atoms with van der Waals surface area (Å²) < 4.78 is 0.513. The summed E-state index contributed by atoms with van der Waals surface area (Å²) in [6, 6.07) is 14.2. The molecule has 0 saturated heterocycles. The van der Waals surface area contributed by atoms with E-state index in [4.69, 9.17) is 0 Å². The van der Waals surface area contributed by atoms with Gasteiger partial charge in [-0.05, 0) is 40.2 Å². The minimum Gasteiger partial charge on any atom is -0.505 e. The molecule has 0 unspecified atom stereocenters. The van der Waals surface area contributed by atoms with Crippen LogP contribution in [0.5, 0.6) is 5.75 Å². The molecule has 3 rings (SSSR count). The molecule has 0 fully saturated rings. The Morgan fingerprint density at radius 2 is 2.00 bits per heavy atom. The number of phenolic OH excluding ortho intramolecular Hbond substituents is 1. The van der Waals surface area contributed by atoms with Crippen molar-refractivity contribution >= 4 is 39.0 Å². The summed E-state index contributed by atoms with van der Waals surface area (Å²) in [5.41, 5.74) is 4.21. The number of hydrogen-bond acceptors (Lipinski definition) is 4. The summed E-state index contributed by atoms with van der Waals surface area (Å²) in [6.45, 7) is 0. The molecule has 3 aromatic rings. The summed E-state index contributed by atoms with van der Waals surface area (Å²) in [5, 5.41) is 14.7. The zero-order valence-electron chi connectivity index (χ0n) is 11.9. The fraction of sp³-hybridized carbons (Fsp3) is 0. The molecule has 0 spiro atoms. The predicted octanol–water partition coefficient (Wildman–Crippen LogP) is 3.47. The van der Waals surface area contributed by atoms with Crippen LogP contribution >= 0.6 is 15.9 Å². The number of hydrogen-bond donors (Lipinski definition) is 2. The number of halogens is 1. The molecule has 114 valence electrons. The summed E-state index contributed by atoms with van der Waals surface area (Å²) in [4.78, 5) is 16.1. The van der Waals surface area contributed by atoms with E-state index in [1.165, 1.54) is 6.21 Å². The Hall–Kier alpha value is -2.73. The third kappa shape index (κ3) is 3.22. The van der Waals surface area contributed by atoms with Gasteiger partial charge in [-0.15, -0.1) is 0 Å². The van der Waals surface area contributed by atoms with E-state index in [1.807, 2.05) is 12.1 Å². The average Bonchev–Trinajstić information content (AvgIpc) is 2.60. The van der Waals surface area contributed by atoms with E-state index < -0.39 is 0 Å². The van der Waals surface area contributed by atoms with E-state index >= 15 is 0 Å². The van der Waals surface area contributed by atoms with Crippen LogP contribution in [0.1, 0.15) is 15.9 Å². The molecule has 0 aliphatic rings. The van der Waals surface area contributed by atoms with Crippen LogP contribution in [-0.2, 0) is 0 Å². The number of amides is 1. The lowest BCUT2D eigenvalue weighted by Crippen LogP contribution is -2.17. The second kappa shape index (κ2) is 6.58. The van der Waals surface area contributed by atoms with Gasteiger partial charge >= 0.3 is 0 Å². The number of nitrogens with one attached hydrogen (secondary N) is 1. The normalized spacial score (nSPS) is 11.0. The molecule has 23 heavy (non-hydrogen) atoms. The van der Waals surface area contributed by atoms with Gasteiger partial charge in [-0.25, -0.2) is 5.43 Å². The highest BCUT2D eigenvalue weighted by Gasteiger charge is 2.09. The molecule has 0 aliphatic heterocycles. The van der Waals surface area contributed by atoms with Crippen molar-refractivity contribution in [2.75, 3.05) is 0 Å². The van der Waals surface area contributed by atoms with Gasteiger partial charge in [0, 0.05) is 22.7 Å². The van der Waals surface area contributed by atoms with Gasteiger partial charge < -0.3 is 5.11 Å². The summed E-state index contributed by atoms with van der Waals surface area (Å²) >= 11 is 3.29. The molecule has 1 aromatic heterocycles. The Balaban J connectivity index is 1.87. The number of phenols is 1. The van der Waals surface area contributed by atoms with E-state index in [9.17, 15) is 9.90 Å². The van der Waals surface area contributed by atoms with E-state index in [-0.39, 0.29) is 11.7 Å². The molecule has 0 atom stereocenters. The minimum absolute atomic E-state index is 0.0751. The second-order valence-corrected chi connectivity index (χ2v) is 5.62. The van der Waals surface area contributed by atoms with Gasteiger partial charge in [-0.2, -0.15) is 5.10 Å². The minimum atomic E-state index is -0.290. The summed E-state index contributed by atoms with van der Waals surface area (Å²) in [7, 11) is 0. The topological polar surface area (TPSA) is 74.6 Å². The number of hydrazone groups is 1. The maximum Gasteiger partial charge on any atom is 0.271 e. The maximum atomic E-state index is 11.9. The first-order chi connectivity index (χ1) is 11.2. The molecule has 6 heteroatoms. The smallest absolute Gasteiger partial charge is 0.271 e. The number of carbonyl (C=O) groups excluding carboxylic acids is 1. The van der Waals surface area contributed by atoms with Crippen molar-refractivity contribution in [2.24, 2.45) is 5.10 Å². The number of aromatic nitrogens is 1. The highest BCUT2D eigenvalue weighted by atomic mass is 79.9. The second-order valence-electron chi connectivity index (χ2n) is 4.76. The van der Waals surface area contributed by atoms with Crippen molar-refractivity contribution in [3.8, 4) is 5.75 Å². The third-order valence-corrected chi connectivity index (χ3v) is 3.86. The maximum absolute atomic E-state index is 11.9. The monoisotopic (exact) mass is 369 g/mol. The van der Waals surface area contributed by atoms with Crippen LogP contribution in [0.25, 0.3) is 10.9 Å². The van der Waals surface area contributed by atoms with E-state index in [2.05, 4.69) is 31.4 Å². The van der Waals surface area contributed by atoms with Crippen LogP contribution in [0.4, 0.5) is 0 Å². The van der Waals surface area contributed by atoms with Crippen molar-refractivity contribution in [2.45, 2.75) is 0 Å². The van der Waals surface area contributed by atoms with Gasteiger partial charge in [0.2, 0.25) is 0 Å². The highest BCUT2D eigenvalue weighted by Crippen LogP contribution is 2.32. The Bertz CT molecular complexity index is 895. The number of pyridine rings is 1. The Morgan fingerprint density at radius 3 is 2.78 bits per heavy atom. The quantitative estimate of drug-likeness (QED) is 0.548. The van der Waals surface area contributed by atoms with Gasteiger partial charge in [0.1, 0.15) is 5.52 Å². The standard InChI is InChI=1S/C17H12BrN3O2/c18-14-9-12(13-7-4-8-19-15(13)16(14)22)10-20-21-17(23)11-5-2-1-3-6-11/h1-10,22H,(H,21,23)/b20-10-. The van der Waals surface area contributed by atoms with Crippen molar-refractivity contribution in [3.63, 3.8) is 0 Å². The summed E-state index contributed by atoms with van der Waals surface area (Å²) in [5.74, 6) is -0.215. The molecular formula is C17H12BrN3O2. The fourth-order valence-corrected chi connectivity index (χ4v) is 2.58. The molecule has 5 nitrogen and oxygen atoms in total. The van der Waals surface area contributed by atoms with Gasteiger partial charge in [-0.3, -0.25) is 9.78 Å². The van der Waals surface area contributed by atoms with Crippen LogP contribution in [0.3, 0.4) is 0 Å². The SMILES string of the molecule is O=C(N/N=C\c1cc(Br)c(O)c2ncccc12)c1ccccc1. The zero-order valence-corrected chi connectivity index (χ0v) is 13.5. The van der Waals surface area contributed by atoms with Crippen LogP contribution in [0.15, 0.2) is 64.3 Å². The predicted molar refractivity (Wildman–Crippen MR) is 92.6 cm³/mol. The van der Waals surface area contributed by atoms with E-state index in [0.717, 1.165) is 10.9 Å². The van der Waals surface area contributed by atoms with Crippen molar-refractivity contribution in [1.29, 1.82) is 0 Å². The molecule has 1 amide bonds. The van der Waals surface area contributed by atoms with Gasteiger partial charge in [0.25, 0.3) is 5.91 Å². The number of fused-ring (bicyclic) bond motifs is 1. The largest absolute Gasteiger partial charge is 0.505 e. The Labute approximate surface area is 140 Å². The van der Waals surface area contributed by atoms with Crippen LogP contribution in [-0.4, -0.2) is 22.2 Å². The van der Waals surface area contributed by atoms with Gasteiger partial charge in [0.05, 0.1) is 10.7 Å². The highest BCUT2D eigenvalue weighted by molar-refractivity contribution is 9.10. The molecule has 0 aliphatic carbocycles. The molecule has 2 N–H and O–H groups in total. The van der Waals surface area contributed by atoms with Gasteiger partial charge in [-0.1, -0.05) is 24.3 Å². The van der Waals surface area contributed by atoms with E-state index in [0.29, 0.717) is 15.6 Å². The average molecular weight is 370 g/mol. The number of benzene rings is 2. The van der Waals surface area contributed by atoms with Crippen LogP contribution < -0.4 is 5.43 Å². The van der Waals surface area contributed by atoms with E-state index in [1.54, 1.807) is 42.6 Å². The fourth-order valence-electron chi connectivity index (χ4n) is 2.14. The Morgan fingerprint density at radius 1 is 1.22 bits per heavy atom. The molecule has 0 bridgehead atoms. The lowest BCUT2D eigenvalue weighted by atomic mass is 10.1. The molecule has 1 heterocycles. The molecule has 2 aromatic carbocycles. The first-order valence-corrected chi connectivity index (χ1v) is 7.61. The van der Waals surface area contributed by atoms with Crippen molar-refractivity contribution in [3.05, 3.63) is 70.3 Å². The molecular weight excluding hydrogens is 358 g/mol. The lowest BCUT2D eigenvalue weighted by molar-refractivity contribution is 0.0955. The number of nitrogens with zero attached hydrogens (tertiary/aromatic N) is 2. The van der Waals surface area contributed by atoms with Crippen LogP contribution in [0, 0.1) is 0 Å².